The number of esters is 1. The van der Waals surface area contributed by atoms with Crippen molar-refractivity contribution >= 4 is 34.7 Å². The lowest BCUT2D eigenvalue weighted by molar-refractivity contribution is -0.157. The third kappa shape index (κ3) is 5.45. The van der Waals surface area contributed by atoms with Gasteiger partial charge in [-0.25, -0.2) is 4.79 Å². The highest BCUT2D eigenvalue weighted by Gasteiger charge is 2.23. The van der Waals surface area contributed by atoms with Crippen molar-refractivity contribution in [2.75, 3.05) is 46.0 Å². The fourth-order valence-corrected chi connectivity index (χ4v) is 4.46. The molecular formula is C21H28N2O5S. The van der Waals surface area contributed by atoms with Crippen molar-refractivity contribution < 1.29 is 23.8 Å². The maximum Gasteiger partial charge on any atom is 0.421 e. The molecule has 0 N–H and O–H groups in total. The Morgan fingerprint density at radius 3 is 2.66 bits per heavy atom. The quantitative estimate of drug-likeness (QED) is 0.502. The van der Waals surface area contributed by atoms with Gasteiger partial charge in [0.2, 0.25) is 6.79 Å². The lowest BCUT2D eigenvalue weighted by atomic mass is 10.0. The number of fused-ring (bicyclic) bond motifs is 1. The number of methoxy groups -OCH3 is 1. The third-order valence-electron chi connectivity index (χ3n) is 5.06. The number of carbonyl (C=O) groups is 2. The fraction of sp³-hybridized carbons (Fsp3) is 0.524. The largest absolute Gasteiger partial charge is 0.497 e. The van der Waals surface area contributed by atoms with Gasteiger partial charge in [-0.3, -0.25) is 9.36 Å². The standard InChI is InChI=1S/C21H28N2O5S/c1-22(2)9-6-16-13-23(19-5-4-17(26-3)12-18(16)19)21(25)28-14-27-20(24)15-7-10-29-11-8-15/h4-5,12-13,15H,6-11,14H2,1-3H3. The maximum absolute atomic E-state index is 12.6. The van der Waals surface area contributed by atoms with Crippen LogP contribution in [0.1, 0.15) is 18.4 Å². The number of rotatable bonds is 7. The average Bonchev–Trinajstić information content (AvgIpc) is 3.10. The summed E-state index contributed by atoms with van der Waals surface area (Å²) in [5.74, 6) is 2.29. The molecule has 2 aromatic rings. The first-order valence-electron chi connectivity index (χ1n) is 9.74. The highest BCUT2D eigenvalue weighted by molar-refractivity contribution is 7.99. The Morgan fingerprint density at radius 1 is 1.21 bits per heavy atom. The lowest BCUT2D eigenvalue weighted by Crippen LogP contribution is -2.24. The minimum Gasteiger partial charge on any atom is -0.497 e. The van der Waals surface area contributed by atoms with Gasteiger partial charge in [0.25, 0.3) is 0 Å². The van der Waals surface area contributed by atoms with E-state index in [-0.39, 0.29) is 18.7 Å². The van der Waals surface area contributed by atoms with E-state index < -0.39 is 6.09 Å². The minimum absolute atomic E-state index is 0.0903. The predicted molar refractivity (Wildman–Crippen MR) is 114 cm³/mol. The van der Waals surface area contributed by atoms with Gasteiger partial charge in [0.05, 0.1) is 18.5 Å². The zero-order chi connectivity index (χ0) is 20.8. The molecule has 0 bridgehead atoms. The van der Waals surface area contributed by atoms with Crippen LogP contribution in [0.25, 0.3) is 10.9 Å². The molecule has 0 radical (unpaired) electrons. The molecule has 0 saturated carbocycles. The van der Waals surface area contributed by atoms with E-state index in [0.29, 0.717) is 0 Å². The summed E-state index contributed by atoms with van der Waals surface area (Å²) in [5.41, 5.74) is 1.77. The summed E-state index contributed by atoms with van der Waals surface area (Å²) in [6.07, 6.45) is 3.64. The monoisotopic (exact) mass is 420 g/mol. The Kier molecular flexibility index (Phi) is 7.44. The van der Waals surface area contributed by atoms with Crippen LogP contribution >= 0.6 is 11.8 Å². The maximum atomic E-state index is 12.6. The van der Waals surface area contributed by atoms with Crippen molar-refractivity contribution in [3.05, 3.63) is 30.0 Å². The van der Waals surface area contributed by atoms with E-state index in [1.165, 1.54) is 4.57 Å². The summed E-state index contributed by atoms with van der Waals surface area (Å²) in [4.78, 5) is 26.8. The zero-order valence-corrected chi connectivity index (χ0v) is 18.0. The van der Waals surface area contributed by atoms with Crippen LogP contribution in [0.4, 0.5) is 4.79 Å². The van der Waals surface area contributed by atoms with Crippen molar-refractivity contribution in [1.29, 1.82) is 0 Å². The van der Waals surface area contributed by atoms with Gasteiger partial charge in [-0.1, -0.05) is 0 Å². The molecule has 0 amide bonds. The number of thioether (sulfide) groups is 1. The summed E-state index contributed by atoms with van der Waals surface area (Å²) in [7, 11) is 5.63. The molecule has 0 atom stereocenters. The van der Waals surface area contributed by atoms with Gasteiger partial charge in [0.1, 0.15) is 5.75 Å². The van der Waals surface area contributed by atoms with Gasteiger partial charge in [-0.2, -0.15) is 11.8 Å². The number of carbonyl (C=O) groups excluding carboxylic acids is 2. The molecule has 7 nitrogen and oxygen atoms in total. The van der Waals surface area contributed by atoms with Crippen molar-refractivity contribution in [2.45, 2.75) is 19.3 Å². The second-order valence-electron chi connectivity index (χ2n) is 7.34. The van der Waals surface area contributed by atoms with E-state index in [4.69, 9.17) is 14.2 Å². The van der Waals surface area contributed by atoms with Gasteiger partial charge >= 0.3 is 12.1 Å². The van der Waals surface area contributed by atoms with Crippen LogP contribution in [-0.2, 0) is 20.7 Å². The smallest absolute Gasteiger partial charge is 0.421 e. The van der Waals surface area contributed by atoms with Crippen LogP contribution < -0.4 is 4.74 Å². The van der Waals surface area contributed by atoms with E-state index in [1.807, 2.05) is 44.1 Å². The number of likely N-dealkylation sites (N-methyl/N-ethyl adjacent to an activating group) is 1. The highest BCUT2D eigenvalue weighted by Crippen LogP contribution is 2.27. The van der Waals surface area contributed by atoms with Crippen LogP contribution in [0, 0.1) is 5.92 Å². The fourth-order valence-electron chi connectivity index (χ4n) is 3.36. The van der Waals surface area contributed by atoms with E-state index in [0.717, 1.165) is 59.5 Å². The molecular weight excluding hydrogens is 392 g/mol. The molecule has 1 saturated heterocycles. The second-order valence-corrected chi connectivity index (χ2v) is 8.56. The molecule has 2 heterocycles. The first-order valence-corrected chi connectivity index (χ1v) is 10.9. The summed E-state index contributed by atoms with van der Waals surface area (Å²) < 4.78 is 17.2. The Morgan fingerprint density at radius 2 is 1.97 bits per heavy atom. The molecule has 1 aromatic carbocycles. The van der Waals surface area contributed by atoms with Crippen LogP contribution in [-0.4, -0.2) is 67.6 Å². The molecule has 1 fully saturated rings. The van der Waals surface area contributed by atoms with Gasteiger partial charge in [-0.05, 0) is 68.6 Å². The van der Waals surface area contributed by atoms with E-state index in [2.05, 4.69) is 4.90 Å². The molecule has 1 aliphatic heterocycles. The molecule has 0 spiro atoms. The van der Waals surface area contributed by atoms with Gasteiger partial charge in [0, 0.05) is 18.1 Å². The molecule has 8 heteroatoms. The Balaban J connectivity index is 1.68. The van der Waals surface area contributed by atoms with Crippen molar-refractivity contribution in [3.63, 3.8) is 0 Å². The van der Waals surface area contributed by atoms with Crippen LogP contribution in [0.15, 0.2) is 24.4 Å². The first kappa shape index (κ1) is 21.5. The molecule has 1 aliphatic rings. The van der Waals surface area contributed by atoms with E-state index >= 15 is 0 Å². The molecule has 158 valence electrons. The summed E-state index contributed by atoms with van der Waals surface area (Å²) in [6, 6.07) is 5.56. The van der Waals surface area contributed by atoms with Crippen LogP contribution in [0.3, 0.4) is 0 Å². The predicted octanol–water partition coefficient (Wildman–Crippen LogP) is 3.38. The number of hydrogen-bond acceptors (Lipinski definition) is 7. The Hall–Kier alpha value is -2.19. The van der Waals surface area contributed by atoms with E-state index in [9.17, 15) is 9.59 Å². The topological polar surface area (TPSA) is 70.0 Å². The highest BCUT2D eigenvalue weighted by atomic mass is 32.2. The first-order chi connectivity index (χ1) is 14.0. The molecule has 29 heavy (non-hydrogen) atoms. The van der Waals surface area contributed by atoms with Crippen LogP contribution in [0.2, 0.25) is 0 Å². The number of benzene rings is 1. The Bertz CT molecular complexity index is 858. The number of nitrogens with zero attached hydrogens (tertiary/aromatic N) is 2. The van der Waals surface area contributed by atoms with Crippen LogP contribution in [0.5, 0.6) is 5.75 Å². The Labute approximate surface area is 175 Å². The third-order valence-corrected chi connectivity index (χ3v) is 6.11. The number of ether oxygens (including phenoxy) is 3. The normalized spacial score (nSPS) is 14.9. The number of hydrogen-bond donors (Lipinski definition) is 0. The van der Waals surface area contributed by atoms with E-state index in [1.54, 1.807) is 13.3 Å². The lowest BCUT2D eigenvalue weighted by Gasteiger charge is -2.19. The summed E-state index contributed by atoms with van der Waals surface area (Å²) in [5, 5.41) is 0.944. The molecule has 3 rings (SSSR count). The molecule has 0 unspecified atom stereocenters. The van der Waals surface area contributed by atoms with Gasteiger partial charge < -0.3 is 19.1 Å². The summed E-state index contributed by atoms with van der Waals surface area (Å²) >= 11 is 1.85. The van der Waals surface area contributed by atoms with Gasteiger partial charge in [-0.15, -0.1) is 0 Å². The molecule has 0 aliphatic carbocycles. The molecule has 1 aromatic heterocycles. The number of aromatic nitrogens is 1. The second kappa shape index (κ2) is 10.0. The zero-order valence-electron chi connectivity index (χ0n) is 17.2. The van der Waals surface area contributed by atoms with Crippen molar-refractivity contribution in [3.8, 4) is 5.75 Å². The SMILES string of the molecule is COc1ccc2c(c1)c(CCN(C)C)cn2C(=O)OCOC(=O)C1CCSCC1. The summed E-state index contributed by atoms with van der Waals surface area (Å²) in [6.45, 7) is 0.479. The average molecular weight is 421 g/mol. The van der Waals surface area contributed by atoms with Gasteiger partial charge in [0.15, 0.2) is 0 Å². The van der Waals surface area contributed by atoms with Crippen molar-refractivity contribution in [2.24, 2.45) is 5.92 Å². The van der Waals surface area contributed by atoms with Crippen molar-refractivity contribution in [1.82, 2.24) is 9.47 Å². The minimum atomic E-state index is -0.566.